The fourth-order valence-corrected chi connectivity index (χ4v) is 4.36. The van der Waals surface area contributed by atoms with Crippen molar-refractivity contribution in [2.45, 2.75) is 64.2 Å². The zero-order valence-electron chi connectivity index (χ0n) is 20.6. The maximum Gasteiger partial charge on any atom is 0.308 e. The Morgan fingerprint density at radius 1 is 1.17 bits per heavy atom. The van der Waals surface area contributed by atoms with Gasteiger partial charge in [-0.3, -0.25) is 19.0 Å². The first kappa shape index (κ1) is 25.6. The molecule has 36 heavy (non-hydrogen) atoms. The van der Waals surface area contributed by atoms with Crippen LogP contribution in [0.5, 0.6) is 0 Å². The third-order valence-corrected chi connectivity index (χ3v) is 5.82. The van der Waals surface area contributed by atoms with Crippen LogP contribution in [-0.2, 0) is 38.1 Å². The van der Waals surface area contributed by atoms with Gasteiger partial charge in [0.25, 0.3) is 0 Å². The van der Waals surface area contributed by atoms with Crippen LogP contribution < -0.4 is 10.6 Å². The highest BCUT2D eigenvalue weighted by atomic mass is 16.6. The second-order valence-corrected chi connectivity index (χ2v) is 8.43. The van der Waals surface area contributed by atoms with E-state index in [1.807, 2.05) is 6.92 Å². The van der Waals surface area contributed by atoms with Crippen LogP contribution in [0.2, 0.25) is 0 Å². The molecule has 2 N–H and O–H groups in total. The van der Waals surface area contributed by atoms with Gasteiger partial charge in [-0.15, -0.1) is 0 Å². The van der Waals surface area contributed by atoms with Gasteiger partial charge < -0.3 is 34.3 Å². The first-order chi connectivity index (χ1) is 17.3. The number of nitrogens with zero attached hydrogens (tertiary/aromatic N) is 4. The van der Waals surface area contributed by atoms with Gasteiger partial charge >= 0.3 is 17.9 Å². The van der Waals surface area contributed by atoms with Gasteiger partial charge in [0.05, 0.1) is 26.2 Å². The number of rotatable bonds is 9. The summed E-state index contributed by atoms with van der Waals surface area (Å²) in [5.74, 6) is -0.919. The van der Waals surface area contributed by atoms with Crippen molar-refractivity contribution >= 4 is 40.8 Å². The molecule has 2 aliphatic heterocycles. The predicted molar refractivity (Wildman–Crippen MR) is 124 cm³/mol. The van der Waals surface area contributed by atoms with Crippen molar-refractivity contribution in [1.82, 2.24) is 19.5 Å². The molecule has 5 unspecified atom stereocenters. The third-order valence-electron chi connectivity index (χ3n) is 5.82. The Bertz CT molecular complexity index is 1120. The van der Waals surface area contributed by atoms with E-state index in [0.717, 1.165) is 6.42 Å². The Morgan fingerprint density at radius 3 is 2.56 bits per heavy atom. The van der Waals surface area contributed by atoms with Crippen LogP contribution in [0, 0.1) is 0 Å². The van der Waals surface area contributed by atoms with Gasteiger partial charge in [-0.1, -0.05) is 0 Å². The molecule has 5 atom stereocenters. The molecule has 14 heteroatoms. The van der Waals surface area contributed by atoms with Crippen molar-refractivity contribution in [3.63, 3.8) is 0 Å². The number of esters is 3. The van der Waals surface area contributed by atoms with Crippen molar-refractivity contribution < 1.29 is 38.1 Å². The second kappa shape index (κ2) is 11.0. The van der Waals surface area contributed by atoms with Crippen LogP contribution in [-0.4, -0.2) is 88.6 Å². The number of ether oxygens (including phenoxy) is 5. The van der Waals surface area contributed by atoms with E-state index in [0.29, 0.717) is 42.7 Å². The molecule has 0 aliphatic carbocycles. The number of nitrogens with one attached hydrogen (secondary N) is 2. The molecule has 0 spiro atoms. The topological polar surface area (TPSA) is 165 Å². The van der Waals surface area contributed by atoms with Crippen molar-refractivity contribution in [2.75, 3.05) is 37.5 Å². The molecule has 4 heterocycles. The standard InChI is InChI=1S/C22H30N6O8/c1-5-23-22-27-16-19(26-13-6-7-33-9-13)24-10-25-20(16)28(22)21-18(35-12(3)30)17(34-11(2)29)14(36-21)8-15(31)32-4/h10,13-14,17-18,21H,5-9H2,1-4H3,(H,23,27)(H,24,25,26). The summed E-state index contributed by atoms with van der Waals surface area (Å²) in [5, 5.41) is 6.51. The fourth-order valence-electron chi connectivity index (χ4n) is 4.36. The first-order valence-corrected chi connectivity index (χ1v) is 11.7. The zero-order chi connectivity index (χ0) is 25.8. The Kier molecular flexibility index (Phi) is 7.84. The SMILES string of the molecule is CCNc1nc2c(NC3CCOC3)ncnc2n1C1OC(CC(=O)OC)C(OC(C)=O)C1OC(C)=O. The van der Waals surface area contributed by atoms with Gasteiger partial charge in [0.15, 0.2) is 35.4 Å². The number of aromatic nitrogens is 4. The maximum atomic E-state index is 12.1. The molecule has 0 radical (unpaired) electrons. The van der Waals surface area contributed by atoms with Crippen molar-refractivity contribution in [3.05, 3.63) is 6.33 Å². The second-order valence-electron chi connectivity index (χ2n) is 8.43. The molecule has 14 nitrogen and oxygen atoms in total. The van der Waals surface area contributed by atoms with Crippen LogP contribution in [0.25, 0.3) is 11.2 Å². The van der Waals surface area contributed by atoms with Crippen LogP contribution in [0.15, 0.2) is 6.33 Å². The van der Waals surface area contributed by atoms with E-state index in [-0.39, 0.29) is 12.5 Å². The van der Waals surface area contributed by atoms with Gasteiger partial charge in [0, 0.05) is 27.0 Å². The van der Waals surface area contributed by atoms with Gasteiger partial charge in [-0.05, 0) is 13.3 Å². The number of hydrogen-bond acceptors (Lipinski definition) is 13. The third kappa shape index (κ3) is 5.33. The molecule has 4 rings (SSSR count). The van der Waals surface area contributed by atoms with E-state index in [1.165, 1.54) is 27.3 Å². The number of fused-ring (bicyclic) bond motifs is 1. The first-order valence-electron chi connectivity index (χ1n) is 11.7. The lowest BCUT2D eigenvalue weighted by Gasteiger charge is -2.24. The van der Waals surface area contributed by atoms with Gasteiger partial charge in [0.2, 0.25) is 5.95 Å². The predicted octanol–water partition coefficient (Wildman–Crippen LogP) is 0.783. The van der Waals surface area contributed by atoms with Gasteiger partial charge in [-0.2, -0.15) is 0 Å². The number of carbonyl (C=O) groups is 3. The van der Waals surface area contributed by atoms with Crippen molar-refractivity contribution in [3.8, 4) is 0 Å². The fraction of sp³-hybridized carbons (Fsp3) is 0.636. The molecule has 196 valence electrons. The van der Waals surface area contributed by atoms with Crippen LogP contribution in [0.3, 0.4) is 0 Å². The minimum atomic E-state index is -1.09. The minimum Gasteiger partial charge on any atom is -0.469 e. The quantitative estimate of drug-likeness (QED) is 0.362. The van der Waals surface area contributed by atoms with E-state index in [2.05, 4.69) is 20.6 Å². The summed E-state index contributed by atoms with van der Waals surface area (Å²) >= 11 is 0. The van der Waals surface area contributed by atoms with Crippen molar-refractivity contribution in [2.24, 2.45) is 0 Å². The highest BCUT2D eigenvalue weighted by molar-refractivity contribution is 5.85. The summed E-state index contributed by atoms with van der Waals surface area (Å²) < 4.78 is 29.1. The number of hydrogen-bond donors (Lipinski definition) is 2. The largest absolute Gasteiger partial charge is 0.469 e. The average molecular weight is 507 g/mol. The number of anilines is 2. The Hall–Kier alpha value is -3.52. The maximum absolute atomic E-state index is 12.1. The Labute approximate surface area is 207 Å². The summed E-state index contributed by atoms with van der Waals surface area (Å²) in [6.07, 6.45) is -2.15. The van der Waals surface area contributed by atoms with E-state index in [9.17, 15) is 14.4 Å². The number of carbonyl (C=O) groups excluding carboxylic acids is 3. The Morgan fingerprint density at radius 2 is 1.92 bits per heavy atom. The lowest BCUT2D eigenvalue weighted by atomic mass is 10.1. The van der Waals surface area contributed by atoms with E-state index >= 15 is 0 Å². The molecule has 2 aromatic heterocycles. The van der Waals surface area contributed by atoms with E-state index < -0.39 is 42.4 Å². The molecule has 2 aliphatic rings. The molecule has 2 aromatic rings. The molecule has 2 fully saturated rings. The lowest BCUT2D eigenvalue weighted by molar-refractivity contribution is -0.165. The molecule has 0 aromatic carbocycles. The lowest BCUT2D eigenvalue weighted by Crippen LogP contribution is -2.39. The molecule has 0 saturated carbocycles. The van der Waals surface area contributed by atoms with Gasteiger partial charge in [-0.25, -0.2) is 15.0 Å². The van der Waals surface area contributed by atoms with E-state index in [4.69, 9.17) is 28.7 Å². The summed E-state index contributed by atoms with van der Waals surface area (Å²) in [6.45, 7) is 6.07. The van der Waals surface area contributed by atoms with Crippen LogP contribution in [0.4, 0.5) is 11.8 Å². The molecule has 0 bridgehead atoms. The minimum absolute atomic E-state index is 0.0742. The molecular weight excluding hydrogens is 476 g/mol. The van der Waals surface area contributed by atoms with Crippen LogP contribution in [0.1, 0.15) is 39.8 Å². The summed E-state index contributed by atoms with van der Waals surface area (Å²) in [4.78, 5) is 49.5. The summed E-state index contributed by atoms with van der Waals surface area (Å²) in [6, 6.07) is 0.0742. The highest BCUT2D eigenvalue weighted by Gasteiger charge is 2.52. The van der Waals surface area contributed by atoms with Gasteiger partial charge in [0.1, 0.15) is 12.4 Å². The smallest absolute Gasteiger partial charge is 0.308 e. The molecule has 2 saturated heterocycles. The Balaban J connectivity index is 1.80. The van der Waals surface area contributed by atoms with Crippen LogP contribution >= 0.6 is 0 Å². The molecular formula is C22H30N6O8. The number of methoxy groups -OCH3 is 1. The monoisotopic (exact) mass is 506 g/mol. The summed E-state index contributed by atoms with van der Waals surface area (Å²) in [7, 11) is 1.24. The van der Waals surface area contributed by atoms with E-state index in [1.54, 1.807) is 4.57 Å². The van der Waals surface area contributed by atoms with Crippen molar-refractivity contribution in [1.29, 1.82) is 0 Å². The molecule has 0 amide bonds. The zero-order valence-corrected chi connectivity index (χ0v) is 20.6. The highest BCUT2D eigenvalue weighted by Crippen LogP contribution is 2.39. The summed E-state index contributed by atoms with van der Waals surface area (Å²) in [5.41, 5.74) is 0.857. The normalized spacial score (nSPS) is 25.5. The number of imidazole rings is 1. The average Bonchev–Trinajstić information content (AvgIpc) is 3.53.